The summed E-state index contributed by atoms with van der Waals surface area (Å²) >= 11 is 0. The number of likely N-dealkylation sites (tertiary alicyclic amines) is 1. The van der Waals surface area contributed by atoms with Gasteiger partial charge in [-0.1, -0.05) is 19.8 Å². The zero-order chi connectivity index (χ0) is 14.3. The molecule has 0 radical (unpaired) electrons. The van der Waals surface area contributed by atoms with E-state index in [9.17, 15) is 9.90 Å². The molecule has 0 aromatic rings. The molecule has 0 aromatic carbocycles. The number of nitrogens with zero attached hydrogens (tertiary/aromatic N) is 1. The second-order valence-corrected chi connectivity index (χ2v) is 6.05. The highest BCUT2D eigenvalue weighted by molar-refractivity contribution is 5.78. The van der Waals surface area contributed by atoms with Crippen LogP contribution in [0.25, 0.3) is 0 Å². The molecule has 1 saturated heterocycles. The third kappa shape index (κ3) is 5.11. The molecule has 4 nitrogen and oxygen atoms in total. The Morgan fingerprint density at radius 2 is 2.16 bits per heavy atom. The molecule has 2 unspecified atom stereocenters. The number of nitrogens with one attached hydrogen (secondary N) is 1. The van der Waals surface area contributed by atoms with Gasteiger partial charge in [0.2, 0.25) is 0 Å². The molecule has 0 spiro atoms. The van der Waals surface area contributed by atoms with E-state index in [2.05, 4.69) is 24.1 Å². The van der Waals surface area contributed by atoms with Gasteiger partial charge in [-0.05, 0) is 52.6 Å². The summed E-state index contributed by atoms with van der Waals surface area (Å²) in [7, 11) is 0. The van der Waals surface area contributed by atoms with Crippen molar-refractivity contribution in [1.29, 1.82) is 0 Å². The quantitative estimate of drug-likeness (QED) is 0.746. The Kier molecular flexibility index (Phi) is 6.80. The minimum absolute atomic E-state index is 0.590. The molecule has 2 atom stereocenters. The van der Waals surface area contributed by atoms with Crippen molar-refractivity contribution in [1.82, 2.24) is 10.2 Å². The van der Waals surface area contributed by atoms with Gasteiger partial charge in [-0.2, -0.15) is 0 Å². The largest absolute Gasteiger partial charge is 0.480 e. The number of carbonyl (C=O) groups is 1. The molecule has 1 rings (SSSR count). The standard InChI is InChI=1S/C15H30N2O2/c1-4-10-16-15(3,14(18)19)9-12-17-11-7-5-6-8-13(17)2/h13,16H,4-12H2,1-3H3,(H,18,19). The van der Waals surface area contributed by atoms with Gasteiger partial charge in [0.15, 0.2) is 0 Å². The van der Waals surface area contributed by atoms with Crippen molar-refractivity contribution in [3.63, 3.8) is 0 Å². The first-order chi connectivity index (χ1) is 8.99. The summed E-state index contributed by atoms with van der Waals surface area (Å²) in [6.07, 6.45) is 6.74. The first-order valence-corrected chi connectivity index (χ1v) is 7.72. The maximum Gasteiger partial charge on any atom is 0.323 e. The molecule has 0 aromatic heterocycles. The Morgan fingerprint density at radius 1 is 1.42 bits per heavy atom. The molecule has 0 bridgehead atoms. The fourth-order valence-electron chi connectivity index (χ4n) is 2.71. The van der Waals surface area contributed by atoms with Gasteiger partial charge in [0, 0.05) is 12.6 Å². The molecule has 0 saturated carbocycles. The van der Waals surface area contributed by atoms with E-state index < -0.39 is 11.5 Å². The lowest BCUT2D eigenvalue weighted by Crippen LogP contribution is -2.52. The summed E-state index contributed by atoms with van der Waals surface area (Å²) in [5.74, 6) is -0.733. The zero-order valence-electron chi connectivity index (χ0n) is 12.7. The maximum atomic E-state index is 11.5. The number of rotatable bonds is 7. The van der Waals surface area contributed by atoms with Crippen LogP contribution in [0.5, 0.6) is 0 Å². The number of hydrogen-bond donors (Lipinski definition) is 2. The lowest BCUT2D eigenvalue weighted by atomic mass is 9.97. The Labute approximate surface area is 117 Å². The summed E-state index contributed by atoms with van der Waals surface area (Å²) < 4.78 is 0. The molecular formula is C15H30N2O2. The predicted octanol–water partition coefficient (Wildman–Crippen LogP) is 2.48. The van der Waals surface area contributed by atoms with E-state index in [-0.39, 0.29) is 0 Å². The van der Waals surface area contributed by atoms with Gasteiger partial charge >= 0.3 is 5.97 Å². The molecule has 1 fully saturated rings. The molecule has 1 heterocycles. The van der Waals surface area contributed by atoms with Crippen LogP contribution in [0.4, 0.5) is 0 Å². The molecule has 4 heteroatoms. The molecule has 19 heavy (non-hydrogen) atoms. The molecule has 112 valence electrons. The minimum Gasteiger partial charge on any atom is -0.480 e. The summed E-state index contributed by atoms with van der Waals surface area (Å²) in [4.78, 5) is 13.9. The van der Waals surface area contributed by atoms with Crippen LogP contribution in [0.15, 0.2) is 0 Å². The van der Waals surface area contributed by atoms with Gasteiger partial charge in [0.25, 0.3) is 0 Å². The summed E-state index contributed by atoms with van der Waals surface area (Å²) in [6.45, 7) is 8.90. The van der Waals surface area contributed by atoms with Crippen molar-refractivity contribution in [2.75, 3.05) is 19.6 Å². The van der Waals surface area contributed by atoms with Gasteiger partial charge in [-0.25, -0.2) is 0 Å². The Bertz CT molecular complexity index is 283. The van der Waals surface area contributed by atoms with Gasteiger partial charge in [0.05, 0.1) is 0 Å². The smallest absolute Gasteiger partial charge is 0.323 e. The van der Waals surface area contributed by atoms with E-state index in [0.29, 0.717) is 12.5 Å². The molecule has 0 aliphatic carbocycles. The average Bonchev–Trinajstić information content (AvgIpc) is 2.58. The van der Waals surface area contributed by atoms with Gasteiger partial charge in [-0.3, -0.25) is 4.79 Å². The monoisotopic (exact) mass is 270 g/mol. The summed E-state index contributed by atoms with van der Waals surface area (Å²) in [5, 5.41) is 12.6. The van der Waals surface area contributed by atoms with Crippen molar-refractivity contribution in [3.05, 3.63) is 0 Å². The van der Waals surface area contributed by atoms with Crippen LogP contribution in [0.1, 0.15) is 59.3 Å². The van der Waals surface area contributed by atoms with E-state index in [1.807, 2.05) is 6.92 Å². The van der Waals surface area contributed by atoms with Crippen LogP contribution in [0, 0.1) is 0 Å². The van der Waals surface area contributed by atoms with Crippen LogP contribution >= 0.6 is 0 Å². The highest BCUT2D eigenvalue weighted by Crippen LogP contribution is 2.19. The number of hydrogen-bond acceptors (Lipinski definition) is 3. The first kappa shape index (κ1) is 16.4. The van der Waals surface area contributed by atoms with E-state index in [1.54, 1.807) is 0 Å². The SMILES string of the molecule is CCCNC(C)(CCN1CCCCCC1C)C(=O)O. The van der Waals surface area contributed by atoms with Crippen molar-refractivity contribution in [3.8, 4) is 0 Å². The van der Waals surface area contributed by atoms with Crippen LogP contribution < -0.4 is 5.32 Å². The Morgan fingerprint density at radius 3 is 2.79 bits per heavy atom. The van der Waals surface area contributed by atoms with E-state index in [1.165, 1.54) is 25.7 Å². The normalized spacial score (nSPS) is 24.7. The number of aliphatic carboxylic acids is 1. The third-order valence-corrected chi connectivity index (χ3v) is 4.33. The minimum atomic E-state index is -0.790. The second-order valence-electron chi connectivity index (χ2n) is 6.05. The van der Waals surface area contributed by atoms with Crippen molar-refractivity contribution in [2.45, 2.75) is 70.9 Å². The van der Waals surface area contributed by atoms with Crippen molar-refractivity contribution >= 4 is 5.97 Å². The van der Waals surface area contributed by atoms with Gasteiger partial charge < -0.3 is 15.3 Å². The molecular weight excluding hydrogens is 240 g/mol. The van der Waals surface area contributed by atoms with E-state index >= 15 is 0 Å². The third-order valence-electron chi connectivity index (χ3n) is 4.33. The Balaban J connectivity index is 2.52. The molecule has 1 aliphatic heterocycles. The molecule has 2 N–H and O–H groups in total. The number of carboxylic acid groups (broad SMARTS) is 1. The highest BCUT2D eigenvalue weighted by Gasteiger charge is 2.33. The fourth-order valence-corrected chi connectivity index (χ4v) is 2.71. The van der Waals surface area contributed by atoms with Crippen molar-refractivity contribution < 1.29 is 9.90 Å². The number of carboxylic acids is 1. The van der Waals surface area contributed by atoms with E-state index in [0.717, 1.165) is 26.1 Å². The van der Waals surface area contributed by atoms with Gasteiger partial charge in [0.1, 0.15) is 5.54 Å². The topological polar surface area (TPSA) is 52.6 Å². The average molecular weight is 270 g/mol. The second kappa shape index (κ2) is 7.85. The fraction of sp³-hybridized carbons (Fsp3) is 0.933. The summed E-state index contributed by atoms with van der Waals surface area (Å²) in [6, 6.07) is 0.590. The lowest BCUT2D eigenvalue weighted by Gasteiger charge is -2.32. The van der Waals surface area contributed by atoms with Crippen LogP contribution in [-0.2, 0) is 4.79 Å². The summed E-state index contributed by atoms with van der Waals surface area (Å²) in [5.41, 5.74) is -0.790. The highest BCUT2D eigenvalue weighted by atomic mass is 16.4. The zero-order valence-corrected chi connectivity index (χ0v) is 12.7. The van der Waals surface area contributed by atoms with Crippen LogP contribution in [-0.4, -0.2) is 47.2 Å². The lowest BCUT2D eigenvalue weighted by molar-refractivity contribution is -0.144. The maximum absolute atomic E-state index is 11.5. The van der Waals surface area contributed by atoms with Crippen LogP contribution in [0.2, 0.25) is 0 Å². The van der Waals surface area contributed by atoms with E-state index in [4.69, 9.17) is 0 Å². The predicted molar refractivity (Wildman–Crippen MR) is 78.5 cm³/mol. The van der Waals surface area contributed by atoms with Gasteiger partial charge in [-0.15, -0.1) is 0 Å². The molecule has 0 amide bonds. The molecule has 1 aliphatic rings. The van der Waals surface area contributed by atoms with Crippen LogP contribution in [0.3, 0.4) is 0 Å². The van der Waals surface area contributed by atoms with Crippen molar-refractivity contribution in [2.24, 2.45) is 0 Å². The Hall–Kier alpha value is -0.610. The first-order valence-electron chi connectivity index (χ1n) is 7.72.